The molecule has 1 amide bonds. The summed E-state index contributed by atoms with van der Waals surface area (Å²) >= 11 is 0. The first-order valence-corrected chi connectivity index (χ1v) is 9.86. The minimum absolute atomic E-state index is 0.0468. The van der Waals surface area contributed by atoms with Crippen molar-refractivity contribution in [1.29, 1.82) is 0 Å². The van der Waals surface area contributed by atoms with E-state index in [0.29, 0.717) is 11.4 Å². The van der Waals surface area contributed by atoms with Crippen molar-refractivity contribution in [2.45, 2.75) is 18.4 Å². The van der Waals surface area contributed by atoms with Crippen molar-refractivity contribution >= 4 is 23.5 Å². The number of rotatable bonds is 6. The van der Waals surface area contributed by atoms with E-state index in [9.17, 15) is 14.4 Å². The number of hydrogen-bond donors (Lipinski definition) is 0. The summed E-state index contributed by atoms with van der Waals surface area (Å²) < 4.78 is 10.4. The summed E-state index contributed by atoms with van der Waals surface area (Å²) in [5.74, 6) is -1.08. The Labute approximate surface area is 180 Å². The minimum atomic E-state index is -1.31. The van der Waals surface area contributed by atoms with Crippen LogP contribution in [-0.4, -0.2) is 30.5 Å². The predicted octanol–water partition coefficient (Wildman–Crippen LogP) is 3.80. The lowest BCUT2D eigenvalue weighted by molar-refractivity contribution is -0.152. The molecule has 1 heterocycles. The maximum atomic E-state index is 13.3. The number of carbonyl (C=O) groups is 3. The molecule has 1 saturated heterocycles. The van der Waals surface area contributed by atoms with Crippen molar-refractivity contribution in [3.05, 3.63) is 96.1 Å². The molecule has 1 atom stereocenters. The Balaban J connectivity index is 1.68. The normalized spacial score (nSPS) is 17.6. The first-order chi connectivity index (χ1) is 15.0. The van der Waals surface area contributed by atoms with Gasteiger partial charge in [0.1, 0.15) is 5.75 Å². The summed E-state index contributed by atoms with van der Waals surface area (Å²) in [6.45, 7) is 0. The fourth-order valence-electron chi connectivity index (χ4n) is 3.80. The summed E-state index contributed by atoms with van der Waals surface area (Å²) in [7, 11) is 1.55. The van der Waals surface area contributed by atoms with Gasteiger partial charge in [0, 0.05) is 12.1 Å². The smallest absolute Gasteiger partial charge is 0.345 e. The maximum absolute atomic E-state index is 13.3. The van der Waals surface area contributed by atoms with Gasteiger partial charge in [-0.15, -0.1) is 0 Å². The molecule has 0 radical (unpaired) electrons. The minimum Gasteiger partial charge on any atom is -0.497 e. The topological polar surface area (TPSA) is 72.9 Å². The van der Waals surface area contributed by atoms with Crippen LogP contribution in [0.15, 0.2) is 84.9 Å². The number of anilines is 1. The van der Waals surface area contributed by atoms with Crippen LogP contribution in [-0.2, 0) is 20.7 Å². The van der Waals surface area contributed by atoms with Crippen molar-refractivity contribution in [2.24, 2.45) is 0 Å². The fraction of sp³-hybridized carbons (Fsp3) is 0.160. The van der Waals surface area contributed by atoms with E-state index in [4.69, 9.17) is 9.47 Å². The van der Waals surface area contributed by atoms with Crippen molar-refractivity contribution in [3.8, 4) is 5.75 Å². The van der Waals surface area contributed by atoms with Crippen LogP contribution in [0.4, 0.5) is 5.69 Å². The van der Waals surface area contributed by atoms with Gasteiger partial charge in [-0.1, -0.05) is 48.5 Å². The monoisotopic (exact) mass is 415 g/mol. The average molecular weight is 415 g/mol. The van der Waals surface area contributed by atoms with E-state index in [2.05, 4.69) is 0 Å². The Morgan fingerprint density at radius 3 is 2.10 bits per heavy atom. The molecule has 0 bridgehead atoms. The molecule has 1 aliphatic heterocycles. The van der Waals surface area contributed by atoms with Gasteiger partial charge in [0.2, 0.25) is 5.91 Å². The zero-order valence-electron chi connectivity index (χ0n) is 17.0. The Bertz CT molecular complexity index is 1100. The number of hydrogen-bond acceptors (Lipinski definition) is 5. The number of nitrogens with zero attached hydrogens (tertiary/aromatic N) is 1. The van der Waals surface area contributed by atoms with Gasteiger partial charge in [-0.2, -0.15) is 0 Å². The lowest BCUT2D eigenvalue weighted by Gasteiger charge is -2.49. The molecule has 0 spiro atoms. The number of amides is 1. The number of benzene rings is 3. The molecule has 4 rings (SSSR count). The van der Waals surface area contributed by atoms with Crippen molar-refractivity contribution in [2.75, 3.05) is 12.0 Å². The Morgan fingerprint density at radius 2 is 1.52 bits per heavy atom. The van der Waals surface area contributed by atoms with E-state index in [1.807, 2.05) is 30.3 Å². The van der Waals surface area contributed by atoms with Crippen LogP contribution < -0.4 is 9.64 Å². The summed E-state index contributed by atoms with van der Waals surface area (Å²) in [5, 5.41) is 0. The number of carbonyl (C=O) groups excluding carboxylic acids is 3. The van der Waals surface area contributed by atoms with Gasteiger partial charge in [-0.05, 0) is 42.0 Å². The molecule has 0 aromatic heterocycles. The highest BCUT2D eigenvalue weighted by Gasteiger charge is 2.59. The van der Waals surface area contributed by atoms with Crippen LogP contribution in [0.3, 0.4) is 0 Å². The van der Waals surface area contributed by atoms with Crippen molar-refractivity contribution in [3.63, 3.8) is 0 Å². The first-order valence-electron chi connectivity index (χ1n) is 9.86. The second kappa shape index (κ2) is 8.44. The Hall–Kier alpha value is -3.93. The summed E-state index contributed by atoms with van der Waals surface area (Å²) in [4.78, 5) is 39.9. The highest BCUT2D eigenvalue weighted by molar-refractivity contribution is 6.14. The first kappa shape index (κ1) is 20.3. The molecule has 31 heavy (non-hydrogen) atoms. The van der Waals surface area contributed by atoms with E-state index < -0.39 is 17.5 Å². The van der Waals surface area contributed by atoms with Crippen molar-refractivity contribution < 1.29 is 23.9 Å². The molecule has 3 aromatic rings. The molecule has 6 heteroatoms. The van der Waals surface area contributed by atoms with Crippen LogP contribution in [0.5, 0.6) is 5.75 Å². The molecule has 1 aliphatic rings. The average Bonchev–Trinajstić information content (AvgIpc) is 2.80. The van der Waals surface area contributed by atoms with Crippen LogP contribution in [0.1, 0.15) is 22.3 Å². The van der Waals surface area contributed by atoms with Gasteiger partial charge in [-0.25, -0.2) is 9.59 Å². The zero-order chi connectivity index (χ0) is 21.8. The third-order valence-corrected chi connectivity index (χ3v) is 5.37. The molecular weight excluding hydrogens is 394 g/mol. The van der Waals surface area contributed by atoms with Crippen molar-refractivity contribution in [1.82, 2.24) is 0 Å². The number of ether oxygens (including phenoxy) is 2. The highest BCUT2D eigenvalue weighted by Crippen LogP contribution is 2.41. The third-order valence-electron chi connectivity index (χ3n) is 5.37. The van der Waals surface area contributed by atoms with E-state index >= 15 is 0 Å². The lowest BCUT2D eigenvalue weighted by Crippen LogP contribution is -2.70. The fourth-order valence-corrected chi connectivity index (χ4v) is 3.80. The SMILES string of the molecule is COc1ccc(N2C(=O)CC2(Cc2ccccc2)C(=O)OC(=O)c2ccccc2)cc1. The van der Waals surface area contributed by atoms with Gasteiger partial charge in [0.05, 0.1) is 19.1 Å². The molecule has 156 valence electrons. The maximum Gasteiger partial charge on any atom is 0.345 e. The Morgan fingerprint density at radius 1 is 0.903 bits per heavy atom. The molecule has 0 N–H and O–H groups in total. The molecule has 1 unspecified atom stereocenters. The molecule has 3 aromatic carbocycles. The lowest BCUT2D eigenvalue weighted by atomic mass is 9.77. The van der Waals surface area contributed by atoms with Gasteiger partial charge in [0.15, 0.2) is 5.54 Å². The highest BCUT2D eigenvalue weighted by atomic mass is 16.6. The molecule has 6 nitrogen and oxygen atoms in total. The standard InChI is InChI=1S/C25H21NO5/c1-30-21-14-12-20(13-15-21)26-22(27)17-25(26,16-18-8-4-2-5-9-18)24(29)31-23(28)19-10-6-3-7-11-19/h2-15H,16-17H2,1H3. The van der Waals surface area contributed by atoms with Gasteiger partial charge >= 0.3 is 11.9 Å². The molecule has 0 saturated carbocycles. The summed E-state index contributed by atoms with van der Waals surface area (Å²) in [6, 6.07) is 24.5. The van der Waals surface area contributed by atoms with Crippen LogP contribution >= 0.6 is 0 Å². The van der Waals surface area contributed by atoms with E-state index in [0.717, 1.165) is 5.56 Å². The van der Waals surface area contributed by atoms with E-state index in [1.165, 1.54) is 4.90 Å². The van der Waals surface area contributed by atoms with Crippen LogP contribution in [0.25, 0.3) is 0 Å². The molecule has 0 aliphatic carbocycles. The Kier molecular flexibility index (Phi) is 5.54. The summed E-state index contributed by atoms with van der Waals surface area (Å²) in [6.07, 6.45) is 0.182. The zero-order valence-corrected chi connectivity index (χ0v) is 17.0. The van der Waals surface area contributed by atoms with E-state index in [1.54, 1.807) is 61.7 Å². The van der Waals surface area contributed by atoms with Crippen LogP contribution in [0.2, 0.25) is 0 Å². The largest absolute Gasteiger partial charge is 0.497 e. The number of methoxy groups -OCH3 is 1. The third kappa shape index (κ3) is 3.92. The molecular formula is C25H21NO5. The predicted molar refractivity (Wildman–Crippen MR) is 115 cm³/mol. The van der Waals surface area contributed by atoms with Gasteiger partial charge < -0.3 is 9.47 Å². The quantitative estimate of drug-likeness (QED) is 0.348. The van der Waals surface area contributed by atoms with Gasteiger partial charge in [0.25, 0.3) is 0 Å². The second-order valence-electron chi connectivity index (χ2n) is 7.34. The van der Waals surface area contributed by atoms with Crippen LogP contribution in [0, 0.1) is 0 Å². The van der Waals surface area contributed by atoms with E-state index in [-0.39, 0.29) is 24.3 Å². The second-order valence-corrected chi connectivity index (χ2v) is 7.34. The van der Waals surface area contributed by atoms with Gasteiger partial charge in [-0.3, -0.25) is 9.69 Å². The molecule has 1 fully saturated rings. The number of esters is 2. The number of β-lactam (4-membered cyclic amide) rings is 1. The summed E-state index contributed by atoms with van der Waals surface area (Å²) in [5.41, 5.74) is 0.361.